The third-order valence-electron chi connectivity index (χ3n) is 3.41. The monoisotopic (exact) mass is 364 g/mol. The summed E-state index contributed by atoms with van der Waals surface area (Å²) in [6, 6.07) is 2.90. The maximum absolute atomic E-state index is 12.3. The second-order valence-corrected chi connectivity index (χ2v) is 5.67. The van der Waals surface area contributed by atoms with E-state index in [4.69, 9.17) is 31.5 Å². The van der Waals surface area contributed by atoms with Gasteiger partial charge in [0, 0.05) is 18.7 Å². The zero-order chi connectivity index (χ0) is 16.1. The van der Waals surface area contributed by atoms with Crippen LogP contribution < -0.4 is 15.8 Å². The number of methoxy groups -OCH3 is 1. The fourth-order valence-electron chi connectivity index (χ4n) is 2.18. The van der Waals surface area contributed by atoms with Gasteiger partial charge in [-0.1, -0.05) is 11.6 Å². The number of halogens is 2. The molecule has 1 amide bonds. The van der Waals surface area contributed by atoms with Crippen LogP contribution in [0.25, 0.3) is 0 Å². The van der Waals surface area contributed by atoms with Crippen molar-refractivity contribution in [1.29, 1.82) is 0 Å². The van der Waals surface area contributed by atoms with E-state index in [0.717, 1.165) is 13.0 Å². The van der Waals surface area contributed by atoms with Crippen LogP contribution in [0, 0.1) is 0 Å². The number of carbonyl (C=O) groups excluding carboxylic acids is 1. The molecule has 130 valence electrons. The van der Waals surface area contributed by atoms with Crippen LogP contribution in [-0.4, -0.2) is 45.0 Å². The van der Waals surface area contributed by atoms with Crippen molar-refractivity contribution in [3.8, 4) is 5.75 Å². The van der Waals surface area contributed by atoms with E-state index in [2.05, 4.69) is 5.32 Å². The summed E-state index contributed by atoms with van der Waals surface area (Å²) in [7, 11) is 1.48. The first-order valence-electron chi connectivity index (χ1n) is 7.14. The zero-order valence-electron chi connectivity index (χ0n) is 13.1. The molecule has 1 aromatic rings. The van der Waals surface area contributed by atoms with Crippen molar-refractivity contribution in [2.75, 3.05) is 32.7 Å². The topological polar surface area (TPSA) is 82.8 Å². The maximum atomic E-state index is 12.3. The minimum atomic E-state index is -0.280. The highest BCUT2D eigenvalue weighted by atomic mass is 35.5. The Kier molecular flexibility index (Phi) is 7.91. The summed E-state index contributed by atoms with van der Waals surface area (Å²) in [5.41, 5.74) is 6.42. The van der Waals surface area contributed by atoms with Gasteiger partial charge in [0.15, 0.2) is 0 Å². The molecule has 1 fully saturated rings. The molecule has 1 heterocycles. The van der Waals surface area contributed by atoms with Crippen LogP contribution in [0.5, 0.6) is 5.75 Å². The van der Waals surface area contributed by atoms with E-state index in [9.17, 15) is 4.79 Å². The molecule has 0 spiro atoms. The average Bonchev–Trinajstić information content (AvgIpc) is 3.00. The Hall–Kier alpha value is -1.21. The van der Waals surface area contributed by atoms with E-state index in [0.29, 0.717) is 35.2 Å². The number of hydrogen-bond acceptors (Lipinski definition) is 5. The Balaban J connectivity index is 0.00000264. The Labute approximate surface area is 147 Å². The molecule has 0 saturated carbocycles. The smallest absolute Gasteiger partial charge is 0.255 e. The first-order chi connectivity index (χ1) is 10.5. The third-order valence-corrected chi connectivity index (χ3v) is 3.74. The molecule has 0 bridgehead atoms. The number of ether oxygens (including phenoxy) is 3. The third kappa shape index (κ3) is 5.42. The van der Waals surface area contributed by atoms with Crippen LogP contribution in [0.1, 0.15) is 23.7 Å². The number of amides is 1. The number of rotatable bonds is 6. The lowest BCUT2D eigenvalue weighted by molar-refractivity contribution is 0.0318. The highest BCUT2D eigenvalue weighted by molar-refractivity contribution is 6.33. The molecule has 0 radical (unpaired) electrons. The standard InChI is InChI=1S/C15H21ClN2O4.ClH/c1-9(7-22-10-3-4-21-8-10)18-15(19)11-5-12(16)13(17)6-14(11)20-2;/h5-6,9-10H,3-4,7-8,17H2,1-2H3,(H,18,19);1H. The molecular formula is C15H22Cl2N2O4. The summed E-state index contributed by atoms with van der Waals surface area (Å²) in [4.78, 5) is 12.3. The maximum Gasteiger partial charge on any atom is 0.255 e. The van der Waals surface area contributed by atoms with Crippen LogP contribution in [0.15, 0.2) is 12.1 Å². The van der Waals surface area contributed by atoms with E-state index in [1.807, 2.05) is 6.92 Å². The molecule has 23 heavy (non-hydrogen) atoms. The lowest BCUT2D eigenvalue weighted by atomic mass is 10.1. The molecule has 3 N–H and O–H groups in total. The van der Waals surface area contributed by atoms with Gasteiger partial charge >= 0.3 is 0 Å². The van der Waals surface area contributed by atoms with Crippen LogP contribution in [-0.2, 0) is 9.47 Å². The van der Waals surface area contributed by atoms with Crippen molar-refractivity contribution in [2.45, 2.75) is 25.5 Å². The van der Waals surface area contributed by atoms with Gasteiger partial charge in [0.1, 0.15) is 5.75 Å². The number of nitrogen functional groups attached to an aromatic ring is 1. The van der Waals surface area contributed by atoms with Gasteiger partial charge in [0.2, 0.25) is 0 Å². The Bertz CT molecular complexity index is 536. The molecule has 1 aromatic carbocycles. The van der Waals surface area contributed by atoms with Crippen molar-refractivity contribution in [3.05, 3.63) is 22.7 Å². The quantitative estimate of drug-likeness (QED) is 0.756. The Morgan fingerprint density at radius 1 is 1.57 bits per heavy atom. The van der Waals surface area contributed by atoms with Gasteiger partial charge in [0.05, 0.1) is 42.7 Å². The van der Waals surface area contributed by atoms with Crippen molar-refractivity contribution >= 4 is 35.6 Å². The summed E-state index contributed by atoms with van der Waals surface area (Å²) in [6.07, 6.45) is 1.00. The summed E-state index contributed by atoms with van der Waals surface area (Å²) in [5, 5.41) is 3.17. The number of nitrogens with one attached hydrogen (secondary N) is 1. The number of anilines is 1. The van der Waals surface area contributed by atoms with Crippen molar-refractivity contribution in [2.24, 2.45) is 0 Å². The highest BCUT2D eigenvalue weighted by Gasteiger charge is 2.20. The van der Waals surface area contributed by atoms with Crippen LogP contribution in [0.4, 0.5) is 5.69 Å². The lowest BCUT2D eigenvalue weighted by Crippen LogP contribution is -2.37. The second kappa shape index (κ2) is 9.17. The molecule has 2 rings (SSSR count). The van der Waals surface area contributed by atoms with Gasteiger partial charge in [-0.25, -0.2) is 0 Å². The fourth-order valence-corrected chi connectivity index (χ4v) is 2.35. The van der Waals surface area contributed by atoms with Gasteiger partial charge in [-0.15, -0.1) is 12.4 Å². The molecule has 0 aliphatic carbocycles. The zero-order valence-corrected chi connectivity index (χ0v) is 14.7. The molecule has 2 unspecified atom stereocenters. The first kappa shape index (κ1) is 19.8. The van der Waals surface area contributed by atoms with Gasteiger partial charge in [-0.2, -0.15) is 0 Å². The number of hydrogen-bond donors (Lipinski definition) is 2. The second-order valence-electron chi connectivity index (χ2n) is 5.27. The number of benzene rings is 1. The number of nitrogens with two attached hydrogens (primary N) is 1. The fraction of sp³-hybridized carbons (Fsp3) is 0.533. The highest BCUT2D eigenvalue weighted by Crippen LogP contribution is 2.28. The van der Waals surface area contributed by atoms with E-state index < -0.39 is 0 Å². The summed E-state index contributed by atoms with van der Waals surface area (Å²) in [5.74, 6) is 0.106. The molecular weight excluding hydrogens is 343 g/mol. The summed E-state index contributed by atoms with van der Waals surface area (Å²) < 4.78 is 16.1. The predicted octanol–water partition coefficient (Wildman–Crippen LogP) is 2.28. The summed E-state index contributed by atoms with van der Waals surface area (Å²) in [6.45, 7) is 3.64. The van der Waals surface area contributed by atoms with E-state index in [1.165, 1.54) is 19.2 Å². The van der Waals surface area contributed by atoms with E-state index >= 15 is 0 Å². The van der Waals surface area contributed by atoms with Crippen LogP contribution in [0.2, 0.25) is 5.02 Å². The molecule has 1 aliphatic rings. The first-order valence-corrected chi connectivity index (χ1v) is 7.52. The minimum Gasteiger partial charge on any atom is -0.496 e. The molecule has 1 aliphatic heterocycles. The Morgan fingerprint density at radius 3 is 2.91 bits per heavy atom. The average molecular weight is 365 g/mol. The van der Waals surface area contributed by atoms with E-state index in [1.54, 1.807) is 0 Å². The molecule has 2 atom stereocenters. The normalized spacial score (nSPS) is 18.1. The lowest BCUT2D eigenvalue weighted by Gasteiger charge is -2.18. The van der Waals surface area contributed by atoms with Crippen molar-refractivity contribution in [3.63, 3.8) is 0 Å². The molecule has 6 nitrogen and oxygen atoms in total. The van der Waals surface area contributed by atoms with Crippen LogP contribution in [0.3, 0.4) is 0 Å². The van der Waals surface area contributed by atoms with E-state index in [-0.39, 0.29) is 30.5 Å². The van der Waals surface area contributed by atoms with Gasteiger partial charge in [0.25, 0.3) is 5.91 Å². The number of carbonyl (C=O) groups is 1. The largest absolute Gasteiger partial charge is 0.496 e. The minimum absolute atomic E-state index is 0. The Morgan fingerprint density at radius 2 is 2.30 bits per heavy atom. The van der Waals surface area contributed by atoms with Gasteiger partial charge in [-0.05, 0) is 19.4 Å². The van der Waals surface area contributed by atoms with Gasteiger partial charge < -0.3 is 25.3 Å². The molecule has 1 saturated heterocycles. The predicted molar refractivity (Wildman–Crippen MR) is 91.8 cm³/mol. The summed E-state index contributed by atoms with van der Waals surface area (Å²) >= 11 is 5.97. The van der Waals surface area contributed by atoms with Gasteiger partial charge in [-0.3, -0.25) is 4.79 Å². The van der Waals surface area contributed by atoms with Crippen molar-refractivity contribution < 1.29 is 19.0 Å². The molecule has 8 heteroatoms. The molecule has 0 aromatic heterocycles. The SMILES string of the molecule is COc1cc(N)c(Cl)cc1C(=O)NC(C)COC1CCOC1.Cl. The van der Waals surface area contributed by atoms with Crippen molar-refractivity contribution in [1.82, 2.24) is 5.32 Å². The van der Waals surface area contributed by atoms with Crippen LogP contribution >= 0.6 is 24.0 Å².